The molecular weight excluding hydrogens is 781 g/mol. The average Bonchev–Trinajstić information content (AvgIpc) is 3.76. The highest BCUT2D eigenvalue weighted by Gasteiger charge is 2.40. The third-order valence-electron chi connectivity index (χ3n) is 10.5. The number of nitrogens with one attached hydrogen (secondary N) is 4. The van der Waals surface area contributed by atoms with E-state index in [1.807, 2.05) is 36.4 Å². The Morgan fingerprint density at radius 3 is 1.41 bits per heavy atom. The number of amides is 5. The summed E-state index contributed by atoms with van der Waals surface area (Å²) in [4.78, 5) is 94.9. The maximum atomic E-state index is 14.3. The van der Waals surface area contributed by atoms with Crippen molar-refractivity contribution in [1.29, 1.82) is 0 Å². The first-order valence-corrected chi connectivity index (χ1v) is 20.3. The van der Waals surface area contributed by atoms with Crippen molar-refractivity contribution in [3.05, 3.63) is 144 Å². The largest absolute Gasteiger partial charge is 0.481 e. The number of carboxylic acid groups (broad SMARTS) is 2. The van der Waals surface area contributed by atoms with Crippen LogP contribution in [0.2, 0.25) is 0 Å². The standard InChI is InChI=1S/C46H52N6O9/c47-34(26-30-14-5-1-6-15-30)41(55)49-36(27-31-16-7-2-8-17-31)43(57)50-37(28-32-18-9-3-10-19-32)42(56)48-35(23-24-40(53)54)45(59)52-25-13-22-39(52)44(58)51-38(46(60)61)29-33-20-11-4-12-21-33/h1-12,14-21,34-39H,13,22-29,47H2,(H,48,56)(H,49,55)(H,50,57)(H,51,58)(H,53,54)(H,60,61)/t34-,35-,36-,37-,38-,39-/m0/s1. The second-order valence-corrected chi connectivity index (χ2v) is 15.1. The van der Waals surface area contributed by atoms with Gasteiger partial charge in [-0.3, -0.25) is 28.8 Å². The van der Waals surface area contributed by atoms with Crippen LogP contribution in [0, 0.1) is 0 Å². The van der Waals surface area contributed by atoms with Crippen LogP contribution >= 0.6 is 0 Å². The summed E-state index contributed by atoms with van der Waals surface area (Å²) in [5, 5.41) is 30.2. The molecule has 5 rings (SSSR count). The fraction of sp³-hybridized carbons (Fsp3) is 0.326. The lowest BCUT2D eigenvalue weighted by molar-refractivity contribution is -0.145. The fourth-order valence-electron chi connectivity index (χ4n) is 7.25. The van der Waals surface area contributed by atoms with Crippen molar-refractivity contribution < 1.29 is 43.8 Å². The predicted octanol–water partition coefficient (Wildman–Crippen LogP) is 2.16. The van der Waals surface area contributed by atoms with Crippen LogP contribution in [0.15, 0.2) is 121 Å². The number of rotatable bonds is 21. The molecule has 8 N–H and O–H groups in total. The van der Waals surface area contributed by atoms with E-state index in [4.69, 9.17) is 5.73 Å². The lowest BCUT2D eigenvalue weighted by Crippen LogP contribution is -2.60. The molecular formula is C46H52N6O9. The smallest absolute Gasteiger partial charge is 0.326 e. The van der Waals surface area contributed by atoms with E-state index in [2.05, 4.69) is 21.3 Å². The van der Waals surface area contributed by atoms with E-state index in [0.29, 0.717) is 17.5 Å². The molecule has 5 amide bonds. The summed E-state index contributed by atoms with van der Waals surface area (Å²) < 4.78 is 0. The number of aliphatic carboxylic acids is 2. The molecule has 0 radical (unpaired) electrons. The predicted molar refractivity (Wildman–Crippen MR) is 226 cm³/mol. The molecule has 4 aromatic rings. The summed E-state index contributed by atoms with van der Waals surface area (Å²) in [6.07, 6.45) is 0.00146. The SMILES string of the molecule is N[C@@H](Cc1ccccc1)C(=O)N[C@@H](Cc1ccccc1)C(=O)N[C@@H](Cc1ccccc1)C(=O)N[C@@H](CCC(=O)O)C(=O)N1CCC[C@H]1C(=O)N[C@@H](Cc1ccccc1)C(=O)O. The number of carbonyl (C=O) groups is 7. The molecule has 1 fully saturated rings. The summed E-state index contributed by atoms with van der Waals surface area (Å²) in [5.41, 5.74) is 9.18. The van der Waals surface area contributed by atoms with Crippen LogP contribution in [-0.4, -0.2) is 99.4 Å². The van der Waals surface area contributed by atoms with Crippen LogP contribution in [0.3, 0.4) is 0 Å². The summed E-state index contributed by atoms with van der Waals surface area (Å²) in [5.74, 6) is -6.00. The van der Waals surface area contributed by atoms with Crippen molar-refractivity contribution in [1.82, 2.24) is 26.2 Å². The first-order valence-electron chi connectivity index (χ1n) is 20.3. The highest BCUT2D eigenvalue weighted by molar-refractivity contribution is 5.97. The van der Waals surface area contributed by atoms with Gasteiger partial charge in [0.25, 0.3) is 0 Å². The van der Waals surface area contributed by atoms with E-state index in [-0.39, 0.29) is 45.1 Å². The van der Waals surface area contributed by atoms with Crippen LogP contribution in [0.25, 0.3) is 0 Å². The number of nitrogens with zero attached hydrogens (tertiary/aromatic N) is 1. The first-order chi connectivity index (χ1) is 29.4. The number of likely N-dealkylation sites (tertiary alicyclic amines) is 1. The number of hydrogen-bond acceptors (Lipinski definition) is 8. The molecule has 0 bridgehead atoms. The molecule has 320 valence electrons. The number of carboxylic acids is 2. The van der Waals surface area contributed by atoms with Gasteiger partial charge in [0.2, 0.25) is 29.5 Å². The van der Waals surface area contributed by atoms with Gasteiger partial charge in [0.05, 0.1) is 6.04 Å². The third kappa shape index (κ3) is 13.9. The van der Waals surface area contributed by atoms with Gasteiger partial charge in [-0.1, -0.05) is 121 Å². The van der Waals surface area contributed by atoms with Gasteiger partial charge in [0, 0.05) is 32.2 Å². The molecule has 1 aliphatic rings. The Hall–Kier alpha value is -6.87. The van der Waals surface area contributed by atoms with Crippen LogP contribution in [0.1, 0.15) is 47.9 Å². The van der Waals surface area contributed by atoms with Crippen molar-refractivity contribution in [2.24, 2.45) is 5.73 Å². The van der Waals surface area contributed by atoms with Gasteiger partial charge in [0.1, 0.15) is 30.2 Å². The van der Waals surface area contributed by atoms with Gasteiger partial charge in [-0.15, -0.1) is 0 Å². The second-order valence-electron chi connectivity index (χ2n) is 15.1. The Bertz CT molecular complexity index is 2110. The minimum absolute atomic E-state index is 0.00474. The van der Waals surface area contributed by atoms with E-state index < -0.39 is 84.1 Å². The van der Waals surface area contributed by atoms with Crippen molar-refractivity contribution >= 4 is 41.5 Å². The van der Waals surface area contributed by atoms with E-state index >= 15 is 0 Å². The zero-order chi connectivity index (χ0) is 43.7. The zero-order valence-electron chi connectivity index (χ0n) is 33.7. The lowest BCUT2D eigenvalue weighted by atomic mass is 10.0. The molecule has 6 atom stereocenters. The molecule has 0 aliphatic carbocycles. The Morgan fingerprint density at radius 1 is 0.557 bits per heavy atom. The Morgan fingerprint density at radius 2 is 0.967 bits per heavy atom. The van der Waals surface area contributed by atoms with E-state index in [1.165, 1.54) is 4.90 Å². The van der Waals surface area contributed by atoms with Crippen molar-refractivity contribution in [2.75, 3.05) is 6.54 Å². The monoisotopic (exact) mass is 832 g/mol. The van der Waals surface area contributed by atoms with Crippen LogP contribution in [-0.2, 0) is 59.2 Å². The number of nitrogens with two attached hydrogens (primary N) is 1. The van der Waals surface area contributed by atoms with Gasteiger partial charge >= 0.3 is 11.9 Å². The van der Waals surface area contributed by atoms with Gasteiger partial charge in [0.15, 0.2) is 0 Å². The normalized spacial score (nSPS) is 15.9. The summed E-state index contributed by atoms with van der Waals surface area (Å²) in [6, 6.07) is 28.4. The molecule has 1 aliphatic heterocycles. The Labute approximate surface area is 354 Å². The van der Waals surface area contributed by atoms with Crippen molar-refractivity contribution in [3.8, 4) is 0 Å². The van der Waals surface area contributed by atoms with E-state index in [0.717, 1.165) is 11.1 Å². The van der Waals surface area contributed by atoms with Crippen LogP contribution in [0.4, 0.5) is 0 Å². The topological polar surface area (TPSA) is 237 Å². The third-order valence-corrected chi connectivity index (χ3v) is 10.5. The molecule has 15 nitrogen and oxygen atoms in total. The van der Waals surface area contributed by atoms with Crippen LogP contribution in [0.5, 0.6) is 0 Å². The zero-order valence-corrected chi connectivity index (χ0v) is 33.7. The molecule has 0 spiro atoms. The van der Waals surface area contributed by atoms with Gasteiger partial charge in [-0.2, -0.15) is 0 Å². The first kappa shape index (κ1) is 45.2. The van der Waals surface area contributed by atoms with E-state index in [9.17, 15) is 43.8 Å². The second kappa shape index (κ2) is 22.5. The Kier molecular flexibility index (Phi) is 16.7. The molecule has 61 heavy (non-hydrogen) atoms. The van der Waals surface area contributed by atoms with Gasteiger partial charge < -0.3 is 42.1 Å². The number of benzene rings is 4. The van der Waals surface area contributed by atoms with Gasteiger partial charge in [-0.25, -0.2) is 4.79 Å². The highest BCUT2D eigenvalue weighted by atomic mass is 16.4. The summed E-state index contributed by atoms with van der Waals surface area (Å²) >= 11 is 0. The number of hydrogen-bond donors (Lipinski definition) is 7. The molecule has 15 heteroatoms. The maximum Gasteiger partial charge on any atom is 0.326 e. The van der Waals surface area contributed by atoms with Crippen molar-refractivity contribution in [3.63, 3.8) is 0 Å². The molecule has 0 aromatic heterocycles. The lowest BCUT2D eigenvalue weighted by Gasteiger charge is -2.30. The highest BCUT2D eigenvalue weighted by Crippen LogP contribution is 2.21. The average molecular weight is 833 g/mol. The quantitative estimate of drug-likeness (QED) is 0.0646. The number of carbonyl (C=O) groups excluding carboxylic acids is 5. The molecule has 0 saturated carbocycles. The fourth-order valence-corrected chi connectivity index (χ4v) is 7.25. The van der Waals surface area contributed by atoms with Gasteiger partial charge in [-0.05, 0) is 47.9 Å². The minimum atomic E-state index is -1.43. The minimum Gasteiger partial charge on any atom is -0.481 e. The summed E-state index contributed by atoms with van der Waals surface area (Å²) in [6.45, 7) is 0.101. The van der Waals surface area contributed by atoms with E-state index in [1.54, 1.807) is 84.9 Å². The molecule has 4 aromatic carbocycles. The molecule has 1 heterocycles. The summed E-state index contributed by atoms with van der Waals surface area (Å²) in [7, 11) is 0. The molecule has 1 saturated heterocycles. The Balaban J connectivity index is 1.35. The van der Waals surface area contributed by atoms with Crippen molar-refractivity contribution in [2.45, 2.75) is 87.6 Å². The molecule has 0 unspecified atom stereocenters. The maximum absolute atomic E-state index is 14.3. The van der Waals surface area contributed by atoms with Crippen LogP contribution < -0.4 is 27.0 Å².